The third-order valence-corrected chi connectivity index (χ3v) is 5.03. The molecule has 0 aliphatic carbocycles. The highest BCUT2D eigenvalue weighted by Crippen LogP contribution is 2.34. The molecule has 2 aromatic heterocycles. The molecule has 2 heterocycles. The van der Waals surface area contributed by atoms with Gasteiger partial charge in [-0.3, -0.25) is 4.79 Å². The second-order valence-corrected chi connectivity index (χ2v) is 6.98. The molecule has 0 fully saturated rings. The van der Waals surface area contributed by atoms with Crippen molar-refractivity contribution >= 4 is 28.2 Å². The van der Waals surface area contributed by atoms with Gasteiger partial charge in [-0.2, -0.15) is 0 Å². The van der Waals surface area contributed by atoms with Gasteiger partial charge in [-0.05, 0) is 61.4 Å². The van der Waals surface area contributed by atoms with Crippen LogP contribution in [0.4, 0.5) is 8.78 Å². The SMILES string of the molecule is Cc1cc2c(C)noc2cc1-c1ccc(C(N)=O)s1.Fc1cccc(F)c1. The lowest BCUT2D eigenvalue weighted by atomic mass is 10.0. The molecule has 0 bridgehead atoms. The topological polar surface area (TPSA) is 69.1 Å². The Morgan fingerprint density at radius 2 is 1.78 bits per heavy atom. The Balaban J connectivity index is 0.000000221. The van der Waals surface area contributed by atoms with Crippen LogP contribution in [0.25, 0.3) is 21.4 Å². The van der Waals surface area contributed by atoms with Gasteiger partial charge in [0, 0.05) is 16.3 Å². The fourth-order valence-corrected chi connectivity index (χ4v) is 3.49. The highest BCUT2D eigenvalue weighted by atomic mass is 32.1. The summed E-state index contributed by atoms with van der Waals surface area (Å²) in [6.45, 7) is 3.95. The van der Waals surface area contributed by atoms with E-state index in [1.54, 1.807) is 6.07 Å². The van der Waals surface area contributed by atoms with Crippen LogP contribution < -0.4 is 5.73 Å². The van der Waals surface area contributed by atoms with Gasteiger partial charge in [0.1, 0.15) is 11.6 Å². The first-order valence-corrected chi connectivity index (χ1v) is 8.84. The zero-order valence-corrected chi connectivity index (χ0v) is 15.4. The molecule has 4 nitrogen and oxygen atoms in total. The maximum atomic E-state index is 11.9. The number of hydrogen-bond acceptors (Lipinski definition) is 4. The van der Waals surface area contributed by atoms with Crippen LogP contribution in [0.1, 0.15) is 20.9 Å². The number of fused-ring (bicyclic) bond motifs is 1. The predicted molar refractivity (Wildman–Crippen MR) is 102 cm³/mol. The van der Waals surface area contributed by atoms with Crippen molar-refractivity contribution in [3.05, 3.63) is 76.3 Å². The number of hydrogen-bond donors (Lipinski definition) is 1. The lowest BCUT2D eigenvalue weighted by Gasteiger charge is -2.02. The van der Waals surface area contributed by atoms with E-state index in [9.17, 15) is 13.6 Å². The van der Waals surface area contributed by atoms with Gasteiger partial charge in [0.25, 0.3) is 5.91 Å². The van der Waals surface area contributed by atoms with E-state index >= 15 is 0 Å². The number of aromatic nitrogens is 1. The molecule has 0 unspecified atom stereocenters. The molecular formula is C20H16F2N2O2S. The predicted octanol–water partition coefficient (Wildman–Crippen LogP) is 5.24. The quantitative estimate of drug-likeness (QED) is 0.512. The number of halogens is 2. The molecule has 4 aromatic rings. The number of aryl methyl sites for hydroxylation is 2. The smallest absolute Gasteiger partial charge is 0.258 e. The highest BCUT2D eigenvalue weighted by Gasteiger charge is 2.12. The van der Waals surface area contributed by atoms with Crippen molar-refractivity contribution < 1.29 is 18.1 Å². The largest absolute Gasteiger partial charge is 0.365 e. The molecular weight excluding hydrogens is 370 g/mol. The summed E-state index contributed by atoms with van der Waals surface area (Å²) in [6, 6.07) is 12.2. The summed E-state index contributed by atoms with van der Waals surface area (Å²) in [5.41, 5.74) is 9.08. The van der Waals surface area contributed by atoms with Crippen LogP contribution in [0, 0.1) is 25.5 Å². The molecule has 138 valence electrons. The Bertz CT molecular complexity index is 1100. The summed E-state index contributed by atoms with van der Waals surface area (Å²) < 4.78 is 29.1. The number of nitrogens with zero attached hydrogens (tertiary/aromatic N) is 1. The number of primary amides is 1. The van der Waals surface area contributed by atoms with Crippen LogP contribution in [-0.2, 0) is 0 Å². The summed E-state index contributed by atoms with van der Waals surface area (Å²) in [5.74, 6) is -1.47. The van der Waals surface area contributed by atoms with Crippen LogP contribution in [0.5, 0.6) is 0 Å². The van der Waals surface area contributed by atoms with E-state index in [-0.39, 0.29) is 0 Å². The monoisotopic (exact) mass is 386 g/mol. The lowest BCUT2D eigenvalue weighted by molar-refractivity contribution is 0.100. The first-order chi connectivity index (χ1) is 12.8. The minimum absolute atomic E-state index is 0.398. The summed E-state index contributed by atoms with van der Waals surface area (Å²) in [6.07, 6.45) is 0. The van der Waals surface area contributed by atoms with E-state index in [4.69, 9.17) is 10.3 Å². The van der Waals surface area contributed by atoms with Crippen molar-refractivity contribution in [1.29, 1.82) is 0 Å². The first-order valence-electron chi connectivity index (χ1n) is 8.03. The molecule has 0 atom stereocenters. The van der Waals surface area contributed by atoms with Gasteiger partial charge in [-0.15, -0.1) is 11.3 Å². The zero-order valence-electron chi connectivity index (χ0n) is 14.6. The average Bonchev–Trinajstić information content (AvgIpc) is 3.22. The van der Waals surface area contributed by atoms with Gasteiger partial charge in [0.2, 0.25) is 0 Å². The minimum Gasteiger partial charge on any atom is -0.365 e. The summed E-state index contributed by atoms with van der Waals surface area (Å²) in [5, 5.41) is 4.98. The van der Waals surface area contributed by atoms with Gasteiger partial charge in [0.05, 0.1) is 10.6 Å². The molecule has 0 saturated carbocycles. The third-order valence-electron chi connectivity index (χ3n) is 3.90. The molecule has 4 rings (SSSR count). The summed E-state index contributed by atoms with van der Waals surface area (Å²) in [7, 11) is 0. The highest BCUT2D eigenvalue weighted by molar-refractivity contribution is 7.17. The molecule has 0 spiro atoms. The number of carbonyl (C=O) groups excluding carboxylic acids is 1. The number of thiophene rings is 1. The van der Waals surface area contributed by atoms with Crippen molar-refractivity contribution in [2.24, 2.45) is 5.73 Å². The van der Waals surface area contributed by atoms with E-state index in [2.05, 4.69) is 11.2 Å². The molecule has 7 heteroatoms. The molecule has 0 saturated heterocycles. The number of carbonyl (C=O) groups is 1. The van der Waals surface area contributed by atoms with Crippen molar-refractivity contribution in [2.75, 3.05) is 0 Å². The second kappa shape index (κ2) is 7.67. The molecule has 27 heavy (non-hydrogen) atoms. The maximum absolute atomic E-state index is 11.9. The van der Waals surface area contributed by atoms with Crippen molar-refractivity contribution in [3.63, 3.8) is 0 Å². The van der Waals surface area contributed by atoms with E-state index in [0.29, 0.717) is 4.88 Å². The van der Waals surface area contributed by atoms with Crippen LogP contribution in [0.3, 0.4) is 0 Å². The van der Waals surface area contributed by atoms with E-state index < -0.39 is 17.5 Å². The van der Waals surface area contributed by atoms with Crippen LogP contribution in [0.2, 0.25) is 0 Å². The first kappa shape index (κ1) is 18.7. The maximum Gasteiger partial charge on any atom is 0.258 e. The van der Waals surface area contributed by atoms with Crippen LogP contribution in [0.15, 0.2) is 53.1 Å². The molecule has 1 amide bonds. The Morgan fingerprint density at radius 1 is 1.07 bits per heavy atom. The Kier molecular flexibility index (Phi) is 5.32. The number of nitrogens with two attached hydrogens (primary N) is 1. The minimum atomic E-state index is -0.537. The van der Waals surface area contributed by atoms with E-state index in [1.807, 2.05) is 26.0 Å². The Morgan fingerprint density at radius 3 is 2.33 bits per heavy atom. The van der Waals surface area contributed by atoms with Crippen molar-refractivity contribution in [2.45, 2.75) is 13.8 Å². The van der Waals surface area contributed by atoms with E-state index in [1.165, 1.54) is 29.5 Å². The molecule has 0 aliphatic rings. The standard InChI is InChI=1S/C14H12N2O2S.C6H4F2/c1-7-5-10-8(2)16-18-11(10)6-9(7)12-3-4-13(19-12)14(15)17;7-5-2-1-3-6(8)4-5/h3-6H,1-2H3,(H2,15,17);1-4H. The van der Waals surface area contributed by atoms with E-state index in [0.717, 1.165) is 38.7 Å². The molecule has 0 radical (unpaired) electrons. The lowest BCUT2D eigenvalue weighted by Crippen LogP contribution is -2.07. The Labute approximate surface area is 158 Å². The summed E-state index contributed by atoms with van der Waals surface area (Å²) >= 11 is 1.39. The van der Waals surface area contributed by atoms with Gasteiger partial charge in [0.15, 0.2) is 5.58 Å². The van der Waals surface area contributed by atoms with Gasteiger partial charge < -0.3 is 10.3 Å². The normalized spacial score (nSPS) is 10.5. The second-order valence-electron chi connectivity index (χ2n) is 5.90. The Hall–Kier alpha value is -3.06. The molecule has 2 aromatic carbocycles. The van der Waals surface area contributed by atoms with Crippen molar-refractivity contribution in [3.8, 4) is 10.4 Å². The van der Waals surface area contributed by atoms with Gasteiger partial charge in [-0.25, -0.2) is 8.78 Å². The van der Waals surface area contributed by atoms with Crippen molar-refractivity contribution in [1.82, 2.24) is 5.16 Å². The number of benzene rings is 2. The van der Waals surface area contributed by atoms with Crippen LogP contribution in [-0.4, -0.2) is 11.1 Å². The van der Waals surface area contributed by atoms with Crippen LogP contribution >= 0.6 is 11.3 Å². The molecule has 0 aliphatic heterocycles. The fraction of sp³-hybridized carbons (Fsp3) is 0.100. The average molecular weight is 386 g/mol. The zero-order chi connectivity index (χ0) is 19.6. The van der Waals surface area contributed by atoms with Gasteiger partial charge >= 0.3 is 0 Å². The fourth-order valence-electron chi connectivity index (χ4n) is 2.55. The number of rotatable bonds is 2. The summed E-state index contributed by atoms with van der Waals surface area (Å²) in [4.78, 5) is 12.7. The van der Waals surface area contributed by atoms with Gasteiger partial charge in [-0.1, -0.05) is 11.2 Å². The molecule has 2 N–H and O–H groups in total. The third kappa shape index (κ3) is 4.20. The number of amides is 1.